The number of rotatable bonds is 5. The highest BCUT2D eigenvalue weighted by Crippen LogP contribution is 2.38. The number of hydrogen-bond acceptors (Lipinski definition) is 2. The highest BCUT2D eigenvalue weighted by molar-refractivity contribution is 4.91. The summed E-state index contributed by atoms with van der Waals surface area (Å²) < 4.78 is 11.8. The SMILES string of the molecule is [CH2][C@H]1O[C@@H](CC)O[C@@H](CCCCC)C1(C)C. The van der Waals surface area contributed by atoms with Gasteiger partial charge in [-0.2, -0.15) is 0 Å². The van der Waals surface area contributed by atoms with Gasteiger partial charge in [0.15, 0.2) is 6.29 Å². The van der Waals surface area contributed by atoms with Crippen LogP contribution in [0.4, 0.5) is 0 Å². The average Bonchev–Trinajstić information content (AvgIpc) is 2.24. The molecule has 0 amide bonds. The fourth-order valence-corrected chi connectivity index (χ4v) is 2.17. The highest BCUT2D eigenvalue weighted by Gasteiger charge is 2.42. The molecule has 0 aliphatic carbocycles. The van der Waals surface area contributed by atoms with Crippen LogP contribution in [-0.2, 0) is 9.47 Å². The van der Waals surface area contributed by atoms with Gasteiger partial charge < -0.3 is 9.47 Å². The Bertz CT molecular complexity index is 201. The zero-order valence-corrected chi connectivity index (χ0v) is 11.3. The lowest BCUT2D eigenvalue weighted by Crippen LogP contribution is -2.50. The minimum Gasteiger partial charge on any atom is -0.349 e. The van der Waals surface area contributed by atoms with Gasteiger partial charge in [-0.15, -0.1) is 0 Å². The second kappa shape index (κ2) is 6.02. The predicted octanol–water partition coefficient (Wildman–Crippen LogP) is 3.95. The van der Waals surface area contributed by atoms with Crippen molar-refractivity contribution < 1.29 is 9.47 Å². The van der Waals surface area contributed by atoms with Crippen molar-refractivity contribution in [3.63, 3.8) is 0 Å². The van der Waals surface area contributed by atoms with E-state index in [2.05, 4.69) is 34.6 Å². The number of hydrogen-bond donors (Lipinski definition) is 0. The van der Waals surface area contributed by atoms with Gasteiger partial charge in [-0.25, -0.2) is 0 Å². The Balaban J connectivity index is 2.55. The van der Waals surface area contributed by atoms with Gasteiger partial charge in [0.25, 0.3) is 0 Å². The molecule has 0 bridgehead atoms. The standard InChI is InChI=1S/C14H27O2/c1-6-8-9-10-12-14(4,5)11(3)15-13(7-2)16-12/h11-13H,3,6-10H2,1-2,4-5H3/t11-,12+,13-/m1/s1. The molecule has 1 rings (SSSR count). The van der Waals surface area contributed by atoms with Crippen LogP contribution in [-0.4, -0.2) is 18.5 Å². The minimum absolute atomic E-state index is 0.0272. The van der Waals surface area contributed by atoms with Crippen molar-refractivity contribution in [2.24, 2.45) is 5.41 Å². The van der Waals surface area contributed by atoms with Crippen LogP contribution in [0.5, 0.6) is 0 Å². The summed E-state index contributed by atoms with van der Waals surface area (Å²) in [5.74, 6) is 0. The van der Waals surface area contributed by atoms with Crippen LogP contribution in [0, 0.1) is 12.3 Å². The van der Waals surface area contributed by atoms with Gasteiger partial charge >= 0.3 is 0 Å². The normalized spacial score (nSPS) is 33.9. The van der Waals surface area contributed by atoms with Gasteiger partial charge in [-0.05, 0) is 19.8 Å². The van der Waals surface area contributed by atoms with E-state index in [1.165, 1.54) is 19.3 Å². The molecule has 16 heavy (non-hydrogen) atoms. The van der Waals surface area contributed by atoms with E-state index in [0.29, 0.717) is 6.10 Å². The molecule has 95 valence electrons. The fraction of sp³-hybridized carbons (Fsp3) is 0.929. The summed E-state index contributed by atoms with van der Waals surface area (Å²) in [6.07, 6.45) is 6.11. The maximum Gasteiger partial charge on any atom is 0.158 e. The monoisotopic (exact) mass is 227 g/mol. The summed E-state index contributed by atoms with van der Waals surface area (Å²) in [6.45, 7) is 12.9. The van der Waals surface area contributed by atoms with E-state index in [4.69, 9.17) is 9.47 Å². The number of ether oxygens (including phenoxy) is 2. The minimum atomic E-state index is -0.0536. The third-order valence-electron chi connectivity index (χ3n) is 3.69. The van der Waals surface area contributed by atoms with Crippen molar-refractivity contribution in [3.8, 4) is 0 Å². The van der Waals surface area contributed by atoms with Gasteiger partial charge in [-0.3, -0.25) is 0 Å². The molecule has 1 fully saturated rings. The smallest absolute Gasteiger partial charge is 0.158 e. The second-order valence-corrected chi connectivity index (χ2v) is 5.40. The molecule has 0 spiro atoms. The van der Waals surface area contributed by atoms with Crippen molar-refractivity contribution in [2.75, 3.05) is 0 Å². The van der Waals surface area contributed by atoms with E-state index >= 15 is 0 Å². The summed E-state index contributed by atoms with van der Waals surface area (Å²) in [7, 11) is 0. The van der Waals surface area contributed by atoms with Crippen molar-refractivity contribution in [2.45, 2.75) is 78.3 Å². The molecule has 1 heterocycles. The first-order valence-corrected chi connectivity index (χ1v) is 6.66. The van der Waals surface area contributed by atoms with Gasteiger partial charge in [-0.1, -0.05) is 47.0 Å². The highest BCUT2D eigenvalue weighted by atomic mass is 16.7. The maximum absolute atomic E-state index is 6.01. The Morgan fingerprint density at radius 1 is 1.12 bits per heavy atom. The van der Waals surface area contributed by atoms with E-state index in [1.807, 2.05) is 0 Å². The van der Waals surface area contributed by atoms with Crippen LogP contribution in [0.2, 0.25) is 0 Å². The molecule has 1 aliphatic rings. The molecule has 1 aliphatic heterocycles. The van der Waals surface area contributed by atoms with Crippen LogP contribution in [0.15, 0.2) is 0 Å². The van der Waals surface area contributed by atoms with Crippen LogP contribution in [0.3, 0.4) is 0 Å². The summed E-state index contributed by atoms with van der Waals surface area (Å²) >= 11 is 0. The molecule has 0 saturated carbocycles. The fourth-order valence-electron chi connectivity index (χ4n) is 2.17. The Morgan fingerprint density at radius 3 is 2.38 bits per heavy atom. The van der Waals surface area contributed by atoms with Crippen molar-refractivity contribution in [1.82, 2.24) is 0 Å². The van der Waals surface area contributed by atoms with E-state index < -0.39 is 0 Å². The Kier molecular flexibility index (Phi) is 5.26. The Morgan fingerprint density at radius 2 is 1.81 bits per heavy atom. The van der Waals surface area contributed by atoms with Gasteiger partial charge in [0.1, 0.15) is 0 Å². The molecule has 1 radical (unpaired) electrons. The largest absolute Gasteiger partial charge is 0.349 e. The van der Waals surface area contributed by atoms with E-state index in [0.717, 1.165) is 12.8 Å². The molecule has 0 aromatic rings. The third-order valence-corrected chi connectivity index (χ3v) is 3.69. The van der Waals surface area contributed by atoms with Crippen molar-refractivity contribution in [3.05, 3.63) is 6.92 Å². The zero-order chi connectivity index (χ0) is 12.2. The lowest BCUT2D eigenvalue weighted by atomic mass is 9.78. The molecular formula is C14H27O2. The van der Waals surface area contributed by atoms with Crippen LogP contribution < -0.4 is 0 Å². The lowest BCUT2D eigenvalue weighted by Gasteiger charge is -2.46. The molecule has 0 aromatic carbocycles. The first kappa shape index (κ1) is 14.0. The molecule has 2 nitrogen and oxygen atoms in total. The van der Waals surface area contributed by atoms with Gasteiger partial charge in [0, 0.05) is 5.41 Å². The molecule has 0 aromatic heterocycles. The predicted molar refractivity (Wildman–Crippen MR) is 67.1 cm³/mol. The van der Waals surface area contributed by atoms with Crippen molar-refractivity contribution >= 4 is 0 Å². The summed E-state index contributed by atoms with van der Waals surface area (Å²) in [6, 6.07) is 0. The van der Waals surface area contributed by atoms with Crippen LogP contribution in [0.25, 0.3) is 0 Å². The quantitative estimate of drug-likeness (QED) is 0.662. The molecule has 3 atom stereocenters. The van der Waals surface area contributed by atoms with E-state index in [9.17, 15) is 0 Å². The Labute approximate surface area is 101 Å². The molecular weight excluding hydrogens is 200 g/mol. The van der Waals surface area contributed by atoms with E-state index in [1.54, 1.807) is 0 Å². The summed E-state index contributed by atoms with van der Waals surface area (Å²) in [5, 5.41) is 0. The first-order valence-electron chi connectivity index (χ1n) is 6.66. The van der Waals surface area contributed by atoms with E-state index in [-0.39, 0.29) is 17.8 Å². The molecule has 2 heteroatoms. The van der Waals surface area contributed by atoms with Crippen LogP contribution in [0.1, 0.15) is 59.8 Å². The lowest BCUT2D eigenvalue weighted by molar-refractivity contribution is -0.284. The molecule has 0 N–H and O–H groups in total. The molecule has 1 saturated heterocycles. The average molecular weight is 227 g/mol. The van der Waals surface area contributed by atoms with Gasteiger partial charge in [0.2, 0.25) is 0 Å². The summed E-state index contributed by atoms with van der Waals surface area (Å²) in [5.41, 5.74) is 0.0272. The summed E-state index contributed by atoms with van der Waals surface area (Å²) in [4.78, 5) is 0. The van der Waals surface area contributed by atoms with Crippen molar-refractivity contribution in [1.29, 1.82) is 0 Å². The van der Waals surface area contributed by atoms with Gasteiger partial charge in [0.05, 0.1) is 12.2 Å². The maximum atomic E-state index is 6.01. The first-order chi connectivity index (χ1) is 7.52. The molecule has 0 unspecified atom stereocenters. The third kappa shape index (κ3) is 3.21. The van der Waals surface area contributed by atoms with Crippen LogP contribution >= 0.6 is 0 Å². The Hall–Kier alpha value is -0.0800. The zero-order valence-electron chi connectivity index (χ0n) is 11.3. The number of unbranched alkanes of at least 4 members (excludes halogenated alkanes) is 2. The second-order valence-electron chi connectivity index (χ2n) is 5.40. The topological polar surface area (TPSA) is 18.5 Å².